The molecule has 0 aliphatic carbocycles. The molecule has 0 saturated carbocycles. The molecule has 1 fully saturated rings. The van der Waals surface area contributed by atoms with Crippen LogP contribution in [0.25, 0.3) is 5.57 Å². The molecule has 2 aromatic rings. The summed E-state index contributed by atoms with van der Waals surface area (Å²) in [7, 11) is 0. The van der Waals surface area contributed by atoms with Gasteiger partial charge in [0, 0.05) is 36.5 Å². The number of aliphatic hydroxyl groups is 1. The Hall–Kier alpha value is -2.58. The fraction of sp³-hybridized carbons (Fsp3) is 0.409. The van der Waals surface area contributed by atoms with Gasteiger partial charge in [-0.1, -0.05) is 12.1 Å². The van der Waals surface area contributed by atoms with Crippen molar-refractivity contribution in [1.82, 2.24) is 4.98 Å². The molecule has 1 aromatic carbocycles. The minimum absolute atomic E-state index is 0.0740. The Morgan fingerprint density at radius 3 is 2.77 bits per heavy atom. The number of alkyl halides is 3. The average molecular weight is 420 g/mol. The van der Waals surface area contributed by atoms with E-state index in [0.29, 0.717) is 19.8 Å². The highest BCUT2D eigenvalue weighted by Gasteiger charge is 2.31. The number of aliphatic hydroxyl groups excluding tert-OH is 1. The molecule has 1 unspecified atom stereocenters. The summed E-state index contributed by atoms with van der Waals surface area (Å²) in [6.45, 7) is 2.54. The van der Waals surface area contributed by atoms with Gasteiger partial charge >= 0.3 is 6.18 Å². The van der Waals surface area contributed by atoms with Crippen molar-refractivity contribution in [3.8, 4) is 5.88 Å². The van der Waals surface area contributed by atoms with E-state index in [2.05, 4.69) is 22.0 Å². The van der Waals surface area contributed by atoms with Gasteiger partial charge in [-0.3, -0.25) is 0 Å². The molecule has 160 valence electrons. The first-order valence-electron chi connectivity index (χ1n) is 9.90. The average Bonchev–Trinajstić information content (AvgIpc) is 3.22. The molecule has 0 bridgehead atoms. The summed E-state index contributed by atoms with van der Waals surface area (Å²) < 4.78 is 49.1. The molecular formula is C22H23F3N2O3. The van der Waals surface area contributed by atoms with E-state index in [-0.39, 0.29) is 18.6 Å². The highest BCUT2D eigenvalue weighted by atomic mass is 19.4. The summed E-state index contributed by atoms with van der Waals surface area (Å²) in [6.07, 6.45) is -0.171. The van der Waals surface area contributed by atoms with Crippen LogP contribution in [0.1, 0.15) is 29.5 Å². The molecule has 3 heterocycles. The Kier molecular flexibility index (Phi) is 5.97. The minimum atomic E-state index is -4.41. The first kappa shape index (κ1) is 20.7. The lowest BCUT2D eigenvalue weighted by Crippen LogP contribution is -2.25. The first-order valence-corrected chi connectivity index (χ1v) is 9.90. The molecule has 0 amide bonds. The van der Waals surface area contributed by atoms with Gasteiger partial charge in [-0.05, 0) is 35.8 Å². The lowest BCUT2D eigenvalue weighted by Gasteiger charge is -2.23. The molecule has 1 N–H and O–H groups in total. The molecule has 8 heteroatoms. The second kappa shape index (κ2) is 8.65. The Balaban J connectivity index is 1.43. The molecule has 0 spiro atoms. The van der Waals surface area contributed by atoms with Crippen molar-refractivity contribution in [3.63, 3.8) is 0 Å². The lowest BCUT2D eigenvalue weighted by atomic mass is 9.98. The molecule has 2 aliphatic rings. The summed E-state index contributed by atoms with van der Waals surface area (Å²) in [5.41, 5.74) is 3.30. The van der Waals surface area contributed by atoms with Gasteiger partial charge in [0.15, 0.2) is 0 Å². The SMILES string of the molecule is OCc1cc(C2=CCOCC2)ccc1N1CCC(Oc2ccc(C(F)(F)F)cn2)C1. The van der Waals surface area contributed by atoms with Crippen LogP contribution >= 0.6 is 0 Å². The maximum Gasteiger partial charge on any atom is 0.417 e. The molecule has 1 saturated heterocycles. The Labute approximate surface area is 172 Å². The smallest absolute Gasteiger partial charge is 0.417 e. The molecule has 0 radical (unpaired) electrons. The third-order valence-electron chi connectivity index (χ3n) is 5.42. The van der Waals surface area contributed by atoms with E-state index in [9.17, 15) is 18.3 Å². The van der Waals surface area contributed by atoms with Crippen molar-refractivity contribution in [3.05, 3.63) is 59.3 Å². The highest BCUT2D eigenvalue weighted by molar-refractivity contribution is 5.70. The summed E-state index contributed by atoms with van der Waals surface area (Å²) in [5.74, 6) is 0.180. The lowest BCUT2D eigenvalue weighted by molar-refractivity contribution is -0.137. The van der Waals surface area contributed by atoms with E-state index in [1.54, 1.807) is 0 Å². The van der Waals surface area contributed by atoms with Crippen LogP contribution in [-0.4, -0.2) is 42.5 Å². The van der Waals surface area contributed by atoms with E-state index < -0.39 is 11.7 Å². The van der Waals surface area contributed by atoms with E-state index in [1.165, 1.54) is 11.6 Å². The number of hydrogen-bond donors (Lipinski definition) is 1. The molecule has 30 heavy (non-hydrogen) atoms. The quantitative estimate of drug-likeness (QED) is 0.791. The third kappa shape index (κ3) is 4.60. The number of hydrogen-bond acceptors (Lipinski definition) is 5. The third-order valence-corrected chi connectivity index (χ3v) is 5.42. The van der Waals surface area contributed by atoms with Crippen LogP contribution in [0.4, 0.5) is 18.9 Å². The minimum Gasteiger partial charge on any atom is -0.472 e. The van der Waals surface area contributed by atoms with Gasteiger partial charge < -0.3 is 19.5 Å². The Morgan fingerprint density at radius 1 is 1.23 bits per heavy atom. The molecule has 4 rings (SSSR count). The van der Waals surface area contributed by atoms with Crippen LogP contribution in [0, 0.1) is 0 Å². The van der Waals surface area contributed by atoms with E-state index in [1.807, 2.05) is 12.1 Å². The maximum absolute atomic E-state index is 12.7. The fourth-order valence-electron chi connectivity index (χ4n) is 3.84. The largest absolute Gasteiger partial charge is 0.472 e. The predicted octanol–water partition coefficient (Wildman–Crippen LogP) is 4.05. The number of nitrogens with zero attached hydrogens (tertiary/aromatic N) is 2. The van der Waals surface area contributed by atoms with Crippen molar-refractivity contribution in [1.29, 1.82) is 0 Å². The molecule has 1 atom stereocenters. The molecule has 1 aromatic heterocycles. The number of ether oxygens (including phenoxy) is 2. The highest BCUT2D eigenvalue weighted by Crippen LogP contribution is 2.32. The number of pyridine rings is 1. The number of benzene rings is 1. The van der Waals surface area contributed by atoms with Gasteiger partial charge in [-0.25, -0.2) is 4.98 Å². The monoisotopic (exact) mass is 420 g/mol. The fourth-order valence-corrected chi connectivity index (χ4v) is 3.84. The zero-order chi connectivity index (χ0) is 21.1. The van der Waals surface area contributed by atoms with E-state index in [0.717, 1.165) is 48.5 Å². The Bertz CT molecular complexity index is 913. The van der Waals surface area contributed by atoms with Crippen LogP contribution < -0.4 is 9.64 Å². The topological polar surface area (TPSA) is 54.8 Å². The summed E-state index contributed by atoms with van der Waals surface area (Å²) in [4.78, 5) is 5.91. The number of anilines is 1. The van der Waals surface area contributed by atoms with Gasteiger partial charge in [-0.2, -0.15) is 13.2 Å². The number of halogens is 3. The van der Waals surface area contributed by atoms with Crippen molar-refractivity contribution in [2.45, 2.75) is 31.7 Å². The number of aromatic nitrogens is 1. The van der Waals surface area contributed by atoms with Crippen LogP contribution in [0.2, 0.25) is 0 Å². The first-order chi connectivity index (χ1) is 14.4. The summed E-state index contributed by atoms with van der Waals surface area (Å²) >= 11 is 0. The predicted molar refractivity (Wildman–Crippen MR) is 106 cm³/mol. The summed E-state index contributed by atoms with van der Waals surface area (Å²) in [6, 6.07) is 8.30. The van der Waals surface area contributed by atoms with Gasteiger partial charge in [0.05, 0.1) is 31.9 Å². The zero-order valence-corrected chi connectivity index (χ0v) is 16.4. The molecule has 5 nitrogen and oxygen atoms in total. The molecular weight excluding hydrogens is 397 g/mol. The van der Waals surface area contributed by atoms with Crippen LogP contribution in [-0.2, 0) is 17.5 Å². The second-order valence-electron chi connectivity index (χ2n) is 7.41. The van der Waals surface area contributed by atoms with E-state index >= 15 is 0 Å². The van der Waals surface area contributed by atoms with Gasteiger partial charge in [0.1, 0.15) is 6.10 Å². The number of rotatable bonds is 5. The second-order valence-corrected chi connectivity index (χ2v) is 7.41. The van der Waals surface area contributed by atoms with Gasteiger partial charge in [0.2, 0.25) is 5.88 Å². The van der Waals surface area contributed by atoms with E-state index in [4.69, 9.17) is 9.47 Å². The van der Waals surface area contributed by atoms with Gasteiger partial charge in [0.25, 0.3) is 0 Å². The summed E-state index contributed by atoms with van der Waals surface area (Å²) in [5, 5.41) is 9.89. The zero-order valence-electron chi connectivity index (χ0n) is 16.4. The van der Waals surface area contributed by atoms with Crippen LogP contribution in [0.15, 0.2) is 42.6 Å². The molecule has 2 aliphatic heterocycles. The van der Waals surface area contributed by atoms with Crippen LogP contribution in [0.5, 0.6) is 5.88 Å². The van der Waals surface area contributed by atoms with Gasteiger partial charge in [-0.15, -0.1) is 0 Å². The maximum atomic E-state index is 12.7. The van der Waals surface area contributed by atoms with Crippen molar-refractivity contribution < 1.29 is 27.8 Å². The van der Waals surface area contributed by atoms with Crippen LogP contribution in [0.3, 0.4) is 0 Å². The standard InChI is InChI=1S/C22H23F3N2O3/c23-22(24,25)18-2-4-21(26-12-18)30-19-5-8-27(13-19)20-3-1-16(11-17(20)14-28)15-6-9-29-10-7-15/h1-4,6,11-12,19,28H,5,7-10,13-14H2. The Morgan fingerprint density at radius 2 is 2.10 bits per heavy atom. The van der Waals surface area contributed by atoms with Crippen molar-refractivity contribution in [2.75, 3.05) is 31.2 Å². The normalized spacial score (nSPS) is 19.7. The van der Waals surface area contributed by atoms with Crippen molar-refractivity contribution >= 4 is 11.3 Å². The van der Waals surface area contributed by atoms with Crippen molar-refractivity contribution in [2.24, 2.45) is 0 Å².